The van der Waals surface area contributed by atoms with Gasteiger partial charge in [0.1, 0.15) is 0 Å². The molecule has 0 amide bonds. The van der Waals surface area contributed by atoms with Crippen LogP contribution in [0.15, 0.2) is 24.3 Å². The Morgan fingerprint density at radius 3 is 2.16 bits per heavy atom. The van der Waals surface area contributed by atoms with Gasteiger partial charge in [0.05, 0.1) is 0 Å². The molecule has 1 aliphatic rings. The zero-order valence-corrected chi connectivity index (χ0v) is 12.7. The maximum Gasteiger partial charge on any atom is 0.0349 e. The fourth-order valence-electron chi connectivity index (χ4n) is 2.93. The molecule has 1 fully saturated rings. The van der Waals surface area contributed by atoms with Gasteiger partial charge in [0.2, 0.25) is 0 Å². The molecule has 2 nitrogen and oxygen atoms in total. The van der Waals surface area contributed by atoms with Crippen LogP contribution in [-0.4, -0.2) is 31.1 Å². The third-order valence-corrected chi connectivity index (χ3v) is 4.14. The van der Waals surface area contributed by atoms with Gasteiger partial charge in [-0.05, 0) is 23.5 Å². The molecular weight excluding hydrogens is 232 g/mol. The Morgan fingerprint density at radius 1 is 1.05 bits per heavy atom. The Balaban J connectivity index is 2.13. The van der Waals surface area contributed by atoms with Gasteiger partial charge in [0.25, 0.3) is 0 Å². The van der Waals surface area contributed by atoms with Crippen molar-refractivity contribution in [3.05, 3.63) is 35.4 Å². The van der Waals surface area contributed by atoms with Gasteiger partial charge in [-0.15, -0.1) is 0 Å². The molecule has 19 heavy (non-hydrogen) atoms. The summed E-state index contributed by atoms with van der Waals surface area (Å²) in [5, 5.41) is 3.45. The standard InChI is InChI=1S/C17H28N2/c1-4-5-17(19-12-10-18-11-13-19)16-8-6-15(7-9-16)14(2)3/h6-9,14,17-18H,4-5,10-13H2,1-3H3/t17-/m1/s1. The predicted octanol–water partition coefficient (Wildman–Crippen LogP) is 3.56. The van der Waals surface area contributed by atoms with Crippen molar-refractivity contribution >= 4 is 0 Å². The lowest BCUT2D eigenvalue weighted by molar-refractivity contribution is 0.164. The highest BCUT2D eigenvalue weighted by Gasteiger charge is 2.21. The molecule has 1 aromatic rings. The van der Waals surface area contributed by atoms with Crippen molar-refractivity contribution in [1.82, 2.24) is 10.2 Å². The zero-order valence-electron chi connectivity index (χ0n) is 12.7. The van der Waals surface area contributed by atoms with Crippen LogP contribution in [0.5, 0.6) is 0 Å². The maximum atomic E-state index is 3.45. The zero-order chi connectivity index (χ0) is 13.7. The minimum atomic E-state index is 0.605. The molecule has 0 spiro atoms. The normalized spacial score (nSPS) is 18.7. The number of benzene rings is 1. The largest absolute Gasteiger partial charge is 0.314 e. The molecular formula is C17H28N2. The van der Waals surface area contributed by atoms with E-state index in [1.807, 2.05) is 0 Å². The Morgan fingerprint density at radius 2 is 1.63 bits per heavy atom. The van der Waals surface area contributed by atoms with Gasteiger partial charge >= 0.3 is 0 Å². The van der Waals surface area contributed by atoms with Crippen LogP contribution in [-0.2, 0) is 0 Å². The SMILES string of the molecule is CCC[C@H](c1ccc(C(C)C)cc1)N1CCNCC1. The molecule has 2 rings (SSSR count). The second kappa shape index (κ2) is 7.06. The van der Waals surface area contributed by atoms with Crippen LogP contribution in [0.25, 0.3) is 0 Å². The Kier molecular flexibility index (Phi) is 5.41. The van der Waals surface area contributed by atoms with Crippen LogP contribution < -0.4 is 5.32 Å². The third kappa shape index (κ3) is 3.80. The van der Waals surface area contributed by atoms with Crippen LogP contribution >= 0.6 is 0 Å². The predicted molar refractivity (Wildman–Crippen MR) is 82.6 cm³/mol. The van der Waals surface area contributed by atoms with Crippen molar-refractivity contribution in [2.24, 2.45) is 0 Å². The summed E-state index contributed by atoms with van der Waals surface area (Å²) in [6.45, 7) is 11.4. The molecule has 0 saturated carbocycles. The first-order valence-electron chi connectivity index (χ1n) is 7.77. The third-order valence-electron chi connectivity index (χ3n) is 4.14. The molecule has 106 valence electrons. The first-order valence-corrected chi connectivity index (χ1v) is 7.77. The van der Waals surface area contributed by atoms with Gasteiger partial charge in [-0.25, -0.2) is 0 Å². The van der Waals surface area contributed by atoms with E-state index in [1.165, 1.54) is 37.1 Å². The van der Waals surface area contributed by atoms with E-state index in [1.54, 1.807) is 0 Å². The van der Waals surface area contributed by atoms with Crippen molar-refractivity contribution in [3.63, 3.8) is 0 Å². The molecule has 1 heterocycles. The monoisotopic (exact) mass is 260 g/mol. The first kappa shape index (κ1) is 14.5. The summed E-state index contributed by atoms with van der Waals surface area (Å²) in [4.78, 5) is 2.64. The summed E-state index contributed by atoms with van der Waals surface area (Å²) >= 11 is 0. The first-order chi connectivity index (χ1) is 9.22. The van der Waals surface area contributed by atoms with E-state index in [9.17, 15) is 0 Å². The number of rotatable bonds is 5. The number of nitrogens with one attached hydrogen (secondary N) is 1. The molecule has 0 unspecified atom stereocenters. The molecule has 1 N–H and O–H groups in total. The Labute approximate surface area is 118 Å². The lowest BCUT2D eigenvalue weighted by Gasteiger charge is -2.35. The molecule has 1 atom stereocenters. The van der Waals surface area contributed by atoms with E-state index in [4.69, 9.17) is 0 Å². The highest BCUT2D eigenvalue weighted by atomic mass is 15.2. The van der Waals surface area contributed by atoms with Gasteiger partial charge in [-0.2, -0.15) is 0 Å². The van der Waals surface area contributed by atoms with E-state index in [0.717, 1.165) is 13.1 Å². The van der Waals surface area contributed by atoms with E-state index >= 15 is 0 Å². The quantitative estimate of drug-likeness (QED) is 0.871. The van der Waals surface area contributed by atoms with Gasteiger partial charge in [-0.1, -0.05) is 51.5 Å². The highest BCUT2D eigenvalue weighted by molar-refractivity contribution is 5.27. The van der Waals surface area contributed by atoms with E-state index in [2.05, 4.69) is 55.3 Å². The topological polar surface area (TPSA) is 15.3 Å². The second-order valence-corrected chi connectivity index (χ2v) is 5.91. The lowest BCUT2D eigenvalue weighted by atomic mass is 9.96. The number of hydrogen-bond acceptors (Lipinski definition) is 2. The fraction of sp³-hybridized carbons (Fsp3) is 0.647. The molecule has 0 aliphatic carbocycles. The summed E-state index contributed by atoms with van der Waals surface area (Å²) in [6.07, 6.45) is 2.52. The number of piperazine rings is 1. The summed E-state index contributed by atoms with van der Waals surface area (Å²) in [6, 6.07) is 9.92. The minimum Gasteiger partial charge on any atom is -0.314 e. The van der Waals surface area contributed by atoms with Crippen LogP contribution in [0.4, 0.5) is 0 Å². The number of hydrogen-bond donors (Lipinski definition) is 1. The molecule has 1 saturated heterocycles. The van der Waals surface area contributed by atoms with E-state index in [-0.39, 0.29) is 0 Å². The van der Waals surface area contributed by atoms with E-state index < -0.39 is 0 Å². The van der Waals surface area contributed by atoms with Gasteiger partial charge in [0, 0.05) is 32.2 Å². The van der Waals surface area contributed by atoms with Crippen LogP contribution in [0.2, 0.25) is 0 Å². The van der Waals surface area contributed by atoms with Crippen molar-refractivity contribution in [3.8, 4) is 0 Å². The van der Waals surface area contributed by atoms with Crippen LogP contribution in [0.3, 0.4) is 0 Å². The number of nitrogens with zero attached hydrogens (tertiary/aromatic N) is 1. The fourth-order valence-corrected chi connectivity index (χ4v) is 2.93. The minimum absolute atomic E-state index is 0.605. The van der Waals surface area contributed by atoms with Gasteiger partial charge in [-0.3, -0.25) is 4.90 Å². The van der Waals surface area contributed by atoms with Gasteiger partial charge in [0.15, 0.2) is 0 Å². The molecule has 0 bridgehead atoms. The Bertz CT molecular complexity index is 363. The van der Waals surface area contributed by atoms with Crippen molar-refractivity contribution in [2.75, 3.05) is 26.2 Å². The molecule has 0 radical (unpaired) electrons. The molecule has 1 aliphatic heterocycles. The summed E-state index contributed by atoms with van der Waals surface area (Å²) < 4.78 is 0. The van der Waals surface area contributed by atoms with Gasteiger partial charge < -0.3 is 5.32 Å². The summed E-state index contributed by atoms with van der Waals surface area (Å²) in [7, 11) is 0. The summed E-state index contributed by atoms with van der Waals surface area (Å²) in [5.41, 5.74) is 2.94. The molecule has 1 aromatic carbocycles. The second-order valence-electron chi connectivity index (χ2n) is 5.91. The van der Waals surface area contributed by atoms with Crippen molar-refractivity contribution in [2.45, 2.75) is 45.6 Å². The van der Waals surface area contributed by atoms with Crippen LogP contribution in [0, 0.1) is 0 Å². The lowest BCUT2D eigenvalue weighted by Crippen LogP contribution is -2.45. The van der Waals surface area contributed by atoms with Crippen molar-refractivity contribution in [1.29, 1.82) is 0 Å². The molecule has 2 heteroatoms. The average molecular weight is 260 g/mol. The summed E-state index contributed by atoms with van der Waals surface area (Å²) in [5.74, 6) is 0.623. The average Bonchev–Trinajstić information content (AvgIpc) is 2.46. The van der Waals surface area contributed by atoms with Crippen LogP contribution in [0.1, 0.15) is 56.7 Å². The van der Waals surface area contributed by atoms with Crippen molar-refractivity contribution < 1.29 is 0 Å². The smallest absolute Gasteiger partial charge is 0.0349 e. The highest BCUT2D eigenvalue weighted by Crippen LogP contribution is 2.27. The molecule has 0 aromatic heterocycles. The Hall–Kier alpha value is -0.860. The van der Waals surface area contributed by atoms with E-state index in [0.29, 0.717) is 12.0 Å². The maximum absolute atomic E-state index is 3.45.